The Morgan fingerprint density at radius 1 is 1.15 bits per heavy atom. The average molecular weight is 346 g/mol. The molecule has 26 heavy (non-hydrogen) atoms. The number of aryl methyl sites for hydroxylation is 1. The fraction of sp³-hybridized carbons (Fsp3) is 0.143. The molecule has 0 fully saturated rings. The fourth-order valence-corrected chi connectivity index (χ4v) is 2.95. The van der Waals surface area contributed by atoms with Gasteiger partial charge in [0.05, 0.1) is 14.2 Å². The van der Waals surface area contributed by atoms with Crippen LogP contribution in [0.25, 0.3) is 17.0 Å². The largest absolute Gasteiger partial charge is 0.493 e. The third-order valence-corrected chi connectivity index (χ3v) is 4.24. The Morgan fingerprint density at radius 2 is 1.92 bits per heavy atom. The number of allylic oxidation sites excluding steroid dienone is 1. The van der Waals surface area contributed by atoms with Crippen LogP contribution in [0.5, 0.6) is 11.5 Å². The van der Waals surface area contributed by atoms with E-state index in [2.05, 4.69) is 4.98 Å². The van der Waals surface area contributed by atoms with Gasteiger partial charge in [0.25, 0.3) is 0 Å². The Labute approximate surface area is 151 Å². The second kappa shape index (κ2) is 7.16. The van der Waals surface area contributed by atoms with E-state index in [4.69, 9.17) is 9.47 Å². The lowest BCUT2D eigenvalue weighted by atomic mass is 9.99. The number of hydrogen-bond donors (Lipinski definition) is 1. The number of ketones is 1. The maximum absolute atomic E-state index is 12.9. The molecule has 0 aliphatic carbocycles. The van der Waals surface area contributed by atoms with Gasteiger partial charge in [-0.25, -0.2) is 0 Å². The van der Waals surface area contributed by atoms with Crippen molar-refractivity contribution in [3.8, 4) is 17.6 Å². The molecule has 0 saturated heterocycles. The van der Waals surface area contributed by atoms with Crippen molar-refractivity contribution in [2.45, 2.75) is 6.92 Å². The minimum Gasteiger partial charge on any atom is -0.493 e. The highest BCUT2D eigenvalue weighted by Crippen LogP contribution is 2.29. The van der Waals surface area contributed by atoms with Gasteiger partial charge in [-0.2, -0.15) is 5.26 Å². The molecule has 3 aromatic rings. The smallest absolute Gasteiger partial charge is 0.205 e. The van der Waals surface area contributed by atoms with E-state index in [-0.39, 0.29) is 11.4 Å². The van der Waals surface area contributed by atoms with Crippen LogP contribution in [0, 0.1) is 18.3 Å². The molecular weight excluding hydrogens is 328 g/mol. The highest BCUT2D eigenvalue weighted by atomic mass is 16.5. The zero-order chi connectivity index (χ0) is 18.7. The van der Waals surface area contributed by atoms with Gasteiger partial charge in [-0.05, 0) is 42.3 Å². The van der Waals surface area contributed by atoms with Gasteiger partial charge in [-0.1, -0.05) is 18.2 Å². The lowest BCUT2D eigenvalue weighted by Crippen LogP contribution is -2.01. The number of nitrogens with one attached hydrogen (secondary N) is 1. The number of nitrogens with zero attached hydrogens (tertiary/aromatic N) is 1. The van der Waals surface area contributed by atoms with Crippen LogP contribution in [0.1, 0.15) is 21.5 Å². The van der Waals surface area contributed by atoms with Gasteiger partial charge in [0.15, 0.2) is 11.5 Å². The SMILES string of the molecule is COc1ccc(C=C(C#N)C(=O)c2c[nH]c3cccc(C)c23)cc1OC. The van der Waals surface area contributed by atoms with Gasteiger partial charge in [-0.15, -0.1) is 0 Å². The van der Waals surface area contributed by atoms with Crippen molar-refractivity contribution < 1.29 is 14.3 Å². The quantitative estimate of drug-likeness (QED) is 0.425. The van der Waals surface area contributed by atoms with E-state index in [0.29, 0.717) is 22.6 Å². The maximum Gasteiger partial charge on any atom is 0.205 e. The molecule has 0 saturated carbocycles. The van der Waals surface area contributed by atoms with Gasteiger partial charge in [0, 0.05) is 22.7 Å². The Hall–Kier alpha value is -3.52. The topological polar surface area (TPSA) is 75.1 Å². The first-order valence-corrected chi connectivity index (χ1v) is 8.04. The third kappa shape index (κ3) is 3.05. The van der Waals surface area contributed by atoms with Crippen LogP contribution in [-0.4, -0.2) is 25.0 Å². The van der Waals surface area contributed by atoms with Gasteiger partial charge >= 0.3 is 0 Å². The number of nitriles is 1. The molecule has 130 valence electrons. The van der Waals surface area contributed by atoms with E-state index >= 15 is 0 Å². The van der Waals surface area contributed by atoms with Crippen molar-refractivity contribution in [1.29, 1.82) is 5.26 Å². The Morgan fingerprint density at radius 3 is 2.62 bits per heavy atom. The molecule has 1 N–H and O–H groups in total. The summed E-state index contributed by atoms with van der Waals surface area (Å²) in [5.74, 6) is 0.804. The minimum atomic E-state index is -0.317. The molecule has 5 heteroatoms. The summed E-state index contributed by atoms with van der Waals surface area (Å²) < 4.78 is 10.5. The summed E-state index contributed by atoms with van der Waals surface area (Å²) in [7, 11) is 3.09. The molecule has 0 aliphatic rings. The summed E-state index contributed by atoms with van der Waals surface area (Å²) in [4.78, 5) is 16.0. The number of rotatable bonds is 5. The van der Waals surface area contributed by atoms with Crippen molar-refractivity contribution in [2.24, 2.45) is 0 Å². The molecule has 0 amide bonds. The highest BCUT2D eigenvalue weighted by Gasteiger charge is 2.18. The molecular formula is C21H18N2O3. The van der Waals surface area contributed by atoms with Crippen LogP contribution < -0.4 is 9.47 Å². The Balaban J connectivity index is 2.04. The molecule has 0 atom stereocenters. The fourth-order valence-electron chi connectivity index (χ4n) is 2.95. The zero-order valence-corrected chi connectivity index (χ0v) is 14.8. The molecule has 0 spiro atoms. The highest BCUT2D eigenvalue weighted by molar-refractivity contribution is 6.20. The minimum absolute atomic E-state index is 0.0568. The first-order valence-electron chi connectivity index (χ1n) is 8.04. The molecule has 2 aromatic carbocycles. The molecule has 0 radical (unpaired) electrons. The predicted octanol–water partition coefficient (Wildman–Crippen LogP) is 4.28. The second-order valence-corrected chi connectivity index (χ2v) is 5.81. The number of fused-ring (bicyclic) bond motifs is 1. The number of H-pyrrole nitrogens is 1. The van der Waals surface area contributed by atoms with Crippen LogP contribution >= 0.6 is 0 Å². The van der Waals surface area contributed by atoms with Crippen molar-refractivity contribution in [2.75, 3.05) is 14.2 Å². The normalized spacial score (nSPS) is 11.2. The predicted molar refractivity (Wildman–Crippen MR) is 101 cm³/mol. The molecule has 0 unspecified atom stereocenters. The van der Waals surface area contributed by atoms with E-state index in [9.17, 15) is 10.1 Å². The molecule has 1 aromatic heterocycles. The van der Waals surface area contributed by atoms with E-state index in [0.717, 1.165) is 16.5 Å². The number of ether oxygens (including phenoxy) is 2. The van der Waals surface area contributed by atoms with Gasteiger partial charge < -0.3 is 14.5 Å². The summed E-state index contributed by atoms with van der Waals surface area (Å²) in [5, 5.41) is 10.4. The summed E-state index contributed by atoms with van der Waals surface area (Å²) in [6, 6.07) is 13.0. The van der Waals surface area contributed by atoms with Crippen molar-refractivity contribution in [1.82, 2.24) is 4.98 Å². The van der Waals surface area contributed by atoms with Crippen LogP contribution in [0.3, 0.4) is 0 Å². The number of aromatic nitrogens is 1. The molecule has 3 rings (SSSR count). The van der Waals surface area contributed by atoms with Crippen LogP contribution in [0.15, 0.2) is 48.2 Å². The summed E-state index contributed by atoms with van der Waals surface area (Å²) in [5.41, 5.74) is 3.09. The first kappa shape index (κ1) is 17.3. The van der Waals surface area contributed by atoms with E-state index in [1.54, 1.807) is 37.6 Å². The molecule has 0 aliphatic heterocycles. The van der Waals surface area contributed by atoms with Crippen molar-refractivity contribution in [3.05, 3.63) is 64.9 Å². The van der Waals surface area contributed by atoms with Crippen LogP contribution in [0.4, 0.5) is 0 Å². The summed E-state index contributed by atoms with van der Waals surface area (Å²) >= 11 is 0. The van der Waals surface area contributed by atoms with E-state index in [1.807, 2.05) is 31.2 Å². The second-order valence-electron chi connectivity index (χ2n) is 5.81. The van der Waals surface area contributed by atoms with Crippen molar-refractivity contribution >= 4 is 22.8 Å². The van der Waals surface area contributed by atoms with Crippen molar-refractivity contribution in [3.63, 3.8) is 0 Å². The number of carbonyl (C=O) groups excluding carboxylic acids is 1. The summed E-state index contributed by atoms with van der Waals surface area (Å²) in [6.45, 7) is 1.94. The number of hydrogen-bond acceptors (Lipinski definition) is 4. The summed E-state index contributed by atoms with van der Waals surface area (Å²) in [6.07, 6.45) is 3.21. The number of aromatic amines is 1. The lowest BCUT2D eigenvalue weighted by molar-refractivity contribution is 0.104. The van der Waals surface area contributed by atoms with E-state index in [1.165, 1.54) is 7.11 Å². The average Bonchev–Trinajstić information content (AvgIpc) is 3.10. The third-order valence-electron chi connectivity index (χ3n) is 4.24. The standard InChI is InChI=1S/C21H18N2O3/c1-13-5-4-6-17-20(13)16(12-23-17)21(24)15(11-22)9-14-7-8-18(25-2)19(10-14)26-3/h4-10,12,23H,1-3H3. The Kier molecular flexibility index (Phi) is 4.76. The molecule has 0 bridgehead atoms. The van der Waals surface area contributed by atoms with E-state index < -0.39 is 0 Å². The maximum atomic E-state index is 12.9. The monoisotopic (exact) mass is 346 g/mol. The zero-order valence-electron chi connectivity index (χ0n) is 14.8. The van der Waals surface area contributed by atoms with Crippen LogP contribution in [-0.2, 0) is 0 Å². The number of benzene rings is 2. The Bertz CT molecular complexity index is 1050. The van der Waals surface area contributed by atoms with Gasteiger partial charge in [0.2, 0.25) is 5.78 Å². The number of carbonyl (C=O) groups is 1. The molecule has 5 nitrogen and oxygen atoms in total. The van der Waals surface area contributed by atoms with Crippen LogP contribution in [0.2, 0.25) is 0 Å². The van der Waals surface area contributed by atoms with Gasteiger partial charge in [-0.3, -0.25) is 4.79 Å². The number of methoxy groups -OCH3 is 2. The molecule has 1 heterocycles. The van der Waals surface area contributed by atoms with Gasteiger partial charge in [0.1, 0.15) is 11.6 Å². The lowest BCUT2D eigenvalue weighted by Gasteiger charge is -2.08. The first-order chi connectivity index (χ1) is 12.6. The number of Topliss-reactive ketones (excluding diaryl/α,β-unsaturated/α-hetero) is 1.